The molecule has 0 radical (unpaired) electrons. The number of hydrogen-bond acceptors (Lipinski definition) is 3. The summed E-state index contributed by atoms with van der Waals surface area (Å²) in [6.07, 6.45) is 2.07. The normalized spacial score (nSPS) is 24.5. The van der Waals surface area contributed by atoms with Crippen molar-refractivity contribution >= 4 is 11.8 Å². The summed E-state index contributed by atoms with van der Waals surface area (Å²) < 4.78 is 5.52. The van der Waals surface area contributed by atoms with Crippen LogP contribution in [0.15, 0.2) is 24.3 Å². The van der Waals surface area contributed by atoms with Gasteiger partial charge in [-0.1, -0.05) is 17.7 Å². The van der Waals surface area contributed by atoms with Gasteiger partial charge in [0.05, 0.1) is 0 Å². The standard InChI is InChI=1S/C19H28N2O2/c1-15-5-7-16(8-6-15)20-11-9-19(13-20)10-12-21(14-19)17(22)23-18(2,3)4/h5-8H,9-14H2,1-4H3. The third-order valence-corrected chi connectivity index (χ3v) is 4.93. The van der Waals surface area contributed by atoms with Crippen molar-refractivity contribution in [3.63, 3.8) is 0 Å². The van der Waals surface area contributed by atoms with Gasteiger partial charge in [-0.3, -0.25) is 0 Å². The Morgan fingerprint density at radius 2 is 1.74 bits per heavy atom. The first-order valence-electron chi connectivity index (χ1n) is 8.56. The molecule has 2 aliphatic rings. The molecule has 2 fully saturated rings. The maximum absolute atomic E-state index is 12.3. The van der Waals surface area contributed by atoms with Gasteiger partial charge in [-0.2, -0.15) is 0 Å². The molecule has 0 aliphatic carbocycles. The van der Waals surface area contributed by atoms with Crippen LogP contribution in [0.1, 0.15) is 39.2 Å². The summed E-state index contributed by atoms with van der Waals surface area (Å²) in [5, 5.41) is 0. The van der Waals surface area contributed by atoms with Gasteiger partial charge >= 0.3 is 6.09 Å². The van der Waals surface area contributed by atoms with Crippen LogP contribution in [0.3, 0.4) is 0 Å². The Balaban J connectivity index is 1.62. The maximum Gasteiger partial charge on any atom is 0.410 e. The molecule has 1 spiro atoms. The number of anilines is 1. The minimum absolute atomic E-state index is 0.164. The van der Waals surface area contributed by atoms with E-state index in [1.807, 2.05) is 25.7 Å². The van der Waals surface area contributed by atoms with Crippen molar-refractivity contribution < 1.29 is 9.53 Å². The summed E-state index contributed by atoms with van der Waals surface area (Å²) >= 11 is 0. The fourth-order valence-electron chi connectivity index (χ4n) is 3.66. The number of ether oxygens (including phenoxy) is 1. The average molecular weight is 316 g/mol. The average Bonchev–Trinajstić information content (AvgIpc) is 3.06. The van der Waals surface area contributed by atoms with Gasteiger partial charge in [-0.15, -0.1) is 0 Å². The monoisotopic (exact) mass is 316 g/mol. The topological polar surface area (TPSA) is 32.8 Å². The molecule has 0 aromatic heterocycles. The molecule has 1 aromatic rings. The maximum atomic E-state index is 12.3. The van der Waals surface area contributed by atoms with Crippen molar-refractivity contribution in [2.45, 2.75) is 46.1 Å². The summed E-state index contributed by atoms with van der Waals surface area (Å²) in [6, 6.07) is 8.74. The van der Waals surface area contributed by atoms with Crippen LogP contribution >= 0.6 is 0 Å². The third kappa shape index (κ3) is 3.62. The van der Waals surface area contributed by atoms with E-state index in [0.717, 1.165) is 39.0 Å². The van der Waals surface area contributed by atoms with Gasteiger partial charge in [0.25, 0.3) is 0 Å². The molecule has 1 unspecified atom stereocenters. The molecule has 0 N–H and O–H groups in total. The minimum Gasteiger partial charge on any atom is -0.444 e. The SMILES string of the molecule is Cc1ccc(N2CCC3(CCN(C(=O)OC(C)(C)C)C3)C2)cc1. The Hall–Kier alpha value is -1.71. The highest BCUT2D eigenvalue weighted by atomic mass is 16.6. The Labute approximate surface area is 139 Å². The second-order valence-corrected chi connectivity index (χ2v) is 8.16. The summed E-state index contributed by atoms with van der Waals surface area (Å²) in [5.41, 5.74) is 2.40. The third-order valence-electron chi connectivity index (χ3n) is 4.93. The number of hydrogen-bond donors (Lipinski definition) is 0. The minimum atomic E-state index is -0.420. The van der Waals surface area contributed by atoms with Gasteiger partial charge < -0.3 is 14.5 Å². The molecule has 4 heteroatoms. The van der Waals surface area contributed by atoms with Crippen LogP contribution in [0, 0.1) is 12.3 Å². The molecule has 0 bridgehead atoms. The van der Waals surface area contributed by atoms with E-state index < -0.39 is 5.60 Å². The number of likely N-dealkylation sites (tertiary alicyclic amines) is 1. The summed E-state index contributed by atoms with van der Waals surface area (Å²) in [5.74, 6) is 0. The molecule has 2 aliphatic heterocycles. The van der Waals surface area contributed by atoms with Crippen LogP contribution in [0.4, 0.5) is 10.5 Å². The van der Waals surface area contributed by atoms with Gasteiger partial charge in [0.15, 0.2) is 0 Å². The fourth-order valence-corrected chi connectivity index (χ4v) is 3.66. The number of rotatable bonds is 1. The zero-order valence-electron chi connectivity index (χ0n) is 14.8. The van der Waals surface area contributed by atoms with Gasteiger partial charge in [-0.25, -0.2) is 4.79 Å². The number of carbonyl (C=O) groups excluding carboxylic acids is 1. The Morgan fingerprint density at radius 1 is 1.09 bits per heavy atom. The van der Waals surface area contributed by atoms with Crippen LogP contribution in [-0.4, -0.2) is 42.8 Å². The van der Waals surface area contributed by atoms with Crippen molar-refractivity contribution in [1.82, 2.24) is 4.90 Å². The lowest BCUT2D eigenvalue weighted by Gasteiger charge is -2.27. The Bertz CT molecular complexity index is 576. The number of aryl methyl sites for hydroxylation is 1. The zero-order chi connectivity index (χ0) is 16.7. The first-order chi connectivity index (χ1) is 10.8. The molecule has 1 atom stereocenters. The predicted octanol–water partition coefficient (Wildman–Crippen LogP) is 3.83. The molecular weight excluding hydrogens is 288 g/mol. The van der Waals surface area contributed by atoms with Crippen molar-refractivity contribution in [1.29, 1.82) is 0 Å². The molecule has 126 valence electrons. The molecular formula is C19H28N2O2. The fraction of sp³-hybridized carbons (Fsp3) is 0.632. The van der Waals surface area contributed by atoms with E-state index in [0.29, 0.717) is 0 Å². The molecule has 1 amide bonds. The van der Waals surface area contributed by atoms with E-state index >= 15 is 0 Å². The molecule has 0 saturated carbocycles. The van der Waals surface area contributed by atoms with Crippen molar-refractivity contribution in [2.75, 3.05) is 31.1 Å². The van der Waals surface area contributed by atoms with Gasteiger partial charge in [0.2, 0.25) is 0 Å². The number of amides is 1. The highest BCUT2D eigenvalue weighted by Crippen LogP contribution is 2.41. The summed E-state index contributed by atoms with van der Waals surface area (Å²) in [6.45, 7) is 11.6. The van der Waals surface area contributed by atoms with E-state index in [-0.39, 0.29) is 11.5 Å². The number of nitrogens with zero attached hydrogens (tertiary/aromatic N) is 2. The Kier molecular flexibility index (Phi) is 4.03. The van der Waals surface area contributed by atoms with Gasteiger partial charge in [0, 0.05) is 37.3 Å². The molecule has 1 aromatic carbocycles. The largest absolute Gasteiger partial charge is 0.444 e. The van der Waals surface area contributed by atoms with E-state index in [1.54, 1.807) is 0 Å². The number of benzene rings is 1. The second-order valence-electron chi connectivity index (χ2n) is 8.16. The first kappa shape index (κ1) is 16.2. The van der Waals surface area contributed by atoms with E-state index in [1.165, 1.54) is 11.3 Å². The smallest absolute Gasteiger partial charge is 0.410 e. The molecule has 3 rings (SSSR count). The van der Waals surface area contributed by atoms with E-state index in [2.05, 4.69) is 36.1 Å². The quantitative estimate of drug-likeness (QED) is 0.789. The van der Waals surface area contributed by atoms with Crippen LogP contribution in [0.2, 0.25) is 0 Å². The molecule has 2 heterocycles. The molecule has 2 saturated heterocycles. The van der Waals surface area contributed by atoms with Crippen LogP contribution in [0.5, 0.6) is 0 Å². The van der Waals surface area contributed by atoms with Crippen LogP contribution in [0.25, 0.3) is 0 Å². The first-order valence-corrected chi connectivity index (χ1v) is 8.56. The lowest BCUT2D eigenvalue weighted by Crippen LogP contribution is -2.37. The van der Waals surface area contributed by atoms with Crippen molar-refractivity contribution in [3.8, 4) is 0 Å². The molecule has 4 nitrogen and oxygen atoms in total. The Morgan fingerprint density at radius 3 is 2.39 bits per heavy atom. The van der Waals surface area contributed by atoms with Gasteiger partial charge in [-0.05, 0) is 52.7 Å². The highest BCUT2D eigenvalue weighted by molar-refractivity contribution is 5.68. The summed E-state index contributed by atoms with van der Waals surface area (Å²) in [7, 11) is 0. The molecule has 23 heavy (non-hydrogen) atoms. The highest BCUT2D eigenvalue weighted by Gasteiger charge is 2.45. The predicted molar refractivity (Wildman–Crippen MR) is 92.9 cm³/mol. The van der Waals surface area contributed by atoms with Gasteiger partial charge in [0.1, 0.15) is 5.60 Å². The van der Waals surface area contributed by atoms with Crippen LogP contribution < -0.4 is 4.90 Å². The number of carbonyl (C=O) groups is 1. The van der Waals surface area contributed by atoms with E-state index in [4.69, 9.17) is 4.74 Å². The van der Waals surface area contributed by atoms with Crippen LogP contribution in [-0.2, 0) is 4.74 Å². The lowest BCUT2D eigenvalue weighted by atomic mass is 9.86. The van der Waals surface area contributed by atoms with E-state index in [9.17, 15) is 4.79 Å². The summed E-state index contributed by atoms with van der Waals surface area (Å²) in [4.78, 5) is 16.6. The second kappa shape index (κ2) is 5.73. The lowest BCUT2D eigenvalue weighted by molar-refractivity contribution is 0.0276. The van der Waals surface area contributed by atoms with Crippen molar-refractivity contribution in [2.24, 2.45) is 5.41 Å². The zero-order valence-corrected chi connectivity index (χ0v) is 14.8. The van der Waals surface area contributed by atoms with Crippen molar-refractivity contribution in [3.05, 3.63) is 29.8 Å².